The van der Waals surface area contributed by atoms with Gasteiger partial charge in [-0.2, -0.15) is 0 Å². The van der Waals surface area contributed by atoms with Gasteiger partial charge < -0.3 is 9.47 Å². The van der Waals surface area contributed by atoms with Gasteiger partial charge in [-0.15, -0.1) is 0 Å². The van der Waals surface area contributed by atoms with E-state index in [-0.39, 0.29) is 5.69 Å². The van der Waals surface area contributed by atoms with Crippen LogP contribution in [0.3, 0.4) is 0 Å². The highest BCUT2D eigenvalue weighted by molar-refractivity contribution is 6.07. The van der Waals surface area contributed by atoms with Crippen molar-refractivity contribution in [1.82, 2.24) is 4.98 Å². The lowest BCUT2D eigenvalue weighted by atomic mass is 9.86. The predicted octanol–water partition coefficient (Wildman–Crippen LogP) is 4.35. The number of ether oxygens (including phenoxy) is 2. The van der Waals surface area contributed by atoms with E-state index in [4.69, 9.17) is 9.72 Å². The van der Waals surface area contributed by atoms with Gasteiger partial charge in [0.05, 0.1) is 28.8 Å². The van der Waals surface area contributed by atoms with E-state index in [2.05, 4.69) is 4.74 Å². The van der Waals surface area contributed by atoms with Gasteiger partial charge in [0.15, 0.2) is 6.61 Å². The number of benzene rings is 2. The Morgan fingerprint density at radius 3 is 2.75 bits per heavy atom. The number of nitro benzene ring substituents is 1. The Hall–Kier alpha value is -4.07. The van der Waals surface area contributed by atoms with E-state index >= 15 is 0 Å². The maximum absolute atomic E-state index is 13.0. The van der Waals surface area contributed by atoms with Crippen LogP contribution in [-0.2, 0) is 20.7 Å². The Labute approximate surface area is 183 Å². The van der Waals surface area contributed by atoms with Gasteiger partial charge in [-0.25, -0.2) is 14.6 Å². The van der Waals surface area contributed by atoms with Gasteiger partial charge in [0.25, 0.3) is 5.69 Å². The summed E-state index contributed by atoms with van der Waals surface area (Å²) in [7, 11) is 1.23. The Morgan fingerprint density at radius 2 is 1.97 bits per heavy atom. The molecule has 162 valence electrons. The number of esters is 2. The van der Waals surface area contributed by atoms with Crippen molar-refractivity contribution < 1.29 is 24.0 Å². The number of hydrogen-bond donors (Lipinski definition) is 0. The minimum atomic E-state index is -0.642. The summed E-state index contributed by atoms with van der Waals surface area (Å²) in [6.45, 7) is -0.475. The molecule has 3 aromatic rings. The fourth-order valence-electron chi connectivity index (χ4n) is 3.89. The summed E-state index contributed by atoms with van der Waals surface area (Å²) in [6, 6.07) is 13.6. The van der Waals surface area contributed by atoms with Crippen LogP contribution in [0, 0.1) is 10.1 Å². The first kappa shape index (κ1) is 21.2. The van der Waals surface area contributed by atoms with E-state index in [1.54, 1.807) is 18.2 Å². The third kappa shape index (κ3) is 4.20. The largest absolute Gasteiger partial charge is 0.466 e. The number of nitrogens with zero attached hydrogens (tertiary/aromatic N) is 2. The topological polar surface area (TPSA) is 109 Å². The second-order valence-electron chi connectivity index (χ2n) is 7.36. The number of pyridine rings is 1. The standard InChI is InChI=1S/C24H20N2O6/c1-31-21(27)14-32-24(28)22-18-9-2-3-11-20(18)25-23-16(7-5-10-19(22)23)12-15-6-4-8-17(13-15)26(29)30/h2-4,6,8-9,11-13H,5,7,10,14H2,1H3/b16-12+. The molecule has 8 nitrogen and oxygen atoms in total. The molecular weight excluding hydrogens is 412 g/mol. The third-order valence-electron chi connectivity index (χ3n) is 5.35. The molecule has 0 unspecified atom stereocenters. The van der Waals surface area contributed by atoms with Gasteiger partial charge in [0, 0.05) is 17.5 Å². The molecule has 0 bridgehead atoms. The van der Waals surface area contributed by atoms with Crippen LogP contribution < -0.4 is 0 Å². The predicted molar refractivity (Wildman–Crippen MR) is 118 cm³/mol. The summed E-state index contributed by atoms with van der Waals surface area (Å²) in [5, 5.41) is 11.8. The fourth-order valence-corrected chi connectivity index (χ4v) is 3.89. The highest BCUT2D eigenvalue weighted by Gasteiger charge is 2.26. The van der Waals surface area contributed by atoms with Crippen molar-refractivity contribution in [3.05, 3.63) is 81.0 Å². The lowest BCUT2D eigenvalue weighted by molar-refractivity contribution is -0.384. The molecule has 0 N–H and O–H groups in total. The van der Waals surface area contributed by atoms with Crippen LogP contribution in [0.25, 0.3) is 22.6 Å². The second kappa shape index (κ2) is 8.97. The van der Waals surface area contributed by atoms with Crippen LogP contribution in [0.15, 0.2) is 48.5 Å². The summed E-state index contributed by atoms with van der Waals surface area (Å²) in [4.78, 5) is 39.9. The zero-order valence-corrected chi connectivity index (χ0v) is 17.4. The van der Waals surface area contributed by atoms with Gasteiger partial charge in [-0.05, 0) is 48.1 Å². The molecule has 0 aliphatic heterocycles. The summed E-state index contributed by atoms with van der Waals surface area (Å²) < 4.78 is 9.78. The maximum atomic E-state index is 13.0. The number of methoxy groups -OCH3 is 1. The molecule has 1 aliphatic rings. The number of carbonyl (C=O) groups is 2. The number of carbonyl (C=O) groups excluding carboxylic acids is 2. The molecule has 0 atom stereocenters. The van der Waals surface area contributed by atoms with Crippen molar-refractivity contribution in [3.63, 3.8) is 0 Å². The van der Waals surface area contributed by atoms with Crippen molar-refractivity contribution in [2.75, 3.05) is 13.7 Å². The average Bonchev–Trinajstić information content (AvgIpc) is 2.81. The molecule has 0 fully saturated rings. The first-order valence-electron chi connectivity index (χ1n) is 10.1. The van der Waals surface area contributed by atoms with Crippen LogP contribution in [0.5, 0.6) is 0 Å². The van der Waals surface area contributed by atoms with Gasteiger partial charge in [0.1, 0.15) is 0 Å². The molecule has 4 rings (SSSR count). The number of rotatable bonds is 5. The minimum Gasteiger partial charge on any atom is -0.466 e. The van der Waals surface area contributed by atoms with Crippen molar-refractivity contribution >= 4 is 40.2 Å². The molecule has 8 heteroatoms. The molecule has 0 spiro atoms. The van der Waals surface area contributed by atoms with E-state index < -0.39 is 23.5 Å². The number of fused-ring (bicyclic) bond motifs is 2. The number of para-hydroxylation sites is 1. The Bertz CT molecular complexity index is 1260. The van der Waals surface area contributed by atoms with E-state index in [0.717, 1.165) is 24.0 Å². The van der Waals surface area contributed by atoms with Crippen LogP contribution in [-0.4, -0.2) is 35.6 Å². The Kier molecular flexibility index (Phi) is 5.93. The number of nitro groups is 1. The zero-order chi connectivity index (χ0) is 22.7. The third-order valence-corrected chi connectivity index (χ3v) is 5.35. The molecule has 0 saturated heterocycles. The lowest BCUT2D eigenvalue weighted by Gasteiger charge is -2.22. The monoisotopic (exact) mass is 432 g/mol. The Balaban J connectivity index is 1.83. The molecule has 1 aliphatic carbocycles. The minimum absolute atomic E-state index is 0.00827. The second-order valence-corrected chi connectivity index (χ2v) is 7.36. The summed E-state index contributed by atoms with van der Waals surface area (Å²) >= 11 is 0. The first-order chi connectivity index (χ1) is 15.5. The average molecular weight is 432 g/mol. The molecule has 0 saturated carbocycles. The van der Waals surface area contributed by atoms with Crippen molar-refractivity contribution in [2.45, 2.75) is 19.3 Å². The van der Waals surface area contributed by atoms with Crippen molar-refractivity contribution in [3.8, 4) is 0 Å². The number of hydrogen-bond acceptors (Lipinski definition) is 7. The summed E-state index contributed by atoms with van der Waals surface area (Å²) in [6.07, 6.45) is 4.00. The molecule has 1 aromatic heterocycles. The van der Waals surface area contributed by atoms with Crippen molar-refractivity contribution in [1.29, 1.82) is 0 Å². The highest BCUT2D eigenvalue weighted by Crippen LogP contribution is 2.36. The normalized spacial score (nSPS) is 14.1. The molecule has 0 radical (unpaired) electrons. The molecular formula is C24H20N2O6. The number of allylic oxidation sites excluding steroid dienone is 1. The summed E-state index contributed by atoms with van der Waals surface area (Å²) in [5.41, 5.74) is 4.02. The highest BCUT2D eigenvalue weighted by atomic mass is 16.6. The van der Waals surface area contributed by atoms with E-state index in [1.165, 1.54) is 19.2 Å². The van der Waals surface area contributed by atoms with Crippen LogP contribution in [0.4, 0.5) is 5.69 Å². The van der Waals surface area contributed by atoms with Gasteiger partial charge in [-0.1, -0.05) is 30.3 Å². The smallest absolute Gasteiger partial charge is 0.344 e. The van der Waals surface area contributed by atoms with Gasteiger partial charge >= 0.3 is 11.9 Å². The quantitative estimate of drug-likeness (QED) is 0.335. The van der Waals surface area contributed by atoms with E-state index in [1.807, 2.05) is 24.3 Å². The SMILES string of the molecule is COC(=O)COC(=O)c1c2c(nc3ccccc13)/C(=C/c1cccc([N+](=O)[O-])c1)CCC2. The number of aromatic nitrogens is 1. The first-order valence-corrected chi connectivity index (χ1v) is 10.1. The lowest BCUT2D eigenvalue weighted by Crippen LogP contribution is -2.19. The van der Waals surface area contributed by atoms with Gasteiger partial charge in [0.2, 0.25) is 0 Å². The molecule has 2 aromatic carbocycles. The fraction of sp³-hybridized carbons (Fsp3) is 0.208. The molecule has 32 heavy (non-hydrogen) atoms. The molecule has 1 heterocycles. The van der Waals surface area contributed by atoms with Gasteiger partial charge in [-0.3, -0.25) is 10.1 Å². The van der Waals surface area contributed by atoms with Crippen LogP contribution in [0.2, 0.25) is 0 Å². The number of non-ortho nitro benzene ring substituents is 1. The van der Waals surface area contributed by atoms with Crippen LogP contribution >= 0.6 is 0 Å². The van der Waals surface area contributed by atoms with E-state index in [0.29, 0.717) is 34.1 Å². The van der Waals surface area contributed by atoms with Crippen LogP contribution in [0.1, 0.15) is 40.0 Å². The van der Waals surface area contributed by atoms with E-state index in [9.17, 15) is 19.7 Å². The van der Waals surface area contributed by atoms with Crippen molar-refractivity contribution in [2.24, 2.45) is 0 Å². The summed E-state index contributed by atoms with van der Waals surface area (Å²) in [5.74, 6) is -1.25. The molecule has 0 amide bonds. The Morgan fingerprint density at radius 1 is 1.16 bits per heavy atom. The maximum Gasteiger partial charge on any atom is 0.344 e. The zero-order valence-electron chi connectivity index (χ0n) is 17.4.